The molecule has 0 amide bonds. The molecule has 7 heteroatoms. The van der Waals surface area contributed by atoms with Gasteiger partial charge in [-0.2, -0.15) is 0 Å². The van der Waals surface area contributed by atoms with E-state index >= 15 is 0 Å². The van der Waals surface area contributed by atoms with Gasteiger partial charge >= 0.3 is 0 Å². The monoisotopic (exact) mass is 317 g/mol. The van der Waals surface area contributed by atoms with Crippen LogP contribution in [0.5, 0.6) is 0 Å². The number of anilines is 1. The van der Waals surface area contributed by atoms with Crippen molar-refractivity contribution in [1.29, 1.82) is 0 Å². The zero-order valence-electron chi connectivity index (χ0n) is 12.2. The Labute approximate surface area is 127 Å². The Morgan fingerprint density at radius 2 is 2.20 bits per heavy atom. The van der Waals surface area contributed by atoms with Crippen molar-refractivity contribution >= 4 is 28.2 Å². The smallest absolute Gasteiger partial charge is 0.224 e. The molecule has 0 spiro atoms. The fourth-order valence-electron chi connectivity index (χ4n) is 2.08. The van der Waals surface area contributed by atoms with Gasteiger partial charge in [0, 0.05) is 29.7 Å². The average Bonchev–Trinajstić information content (AvgIpc) is 2.38. The highest BCUT2D eigenvalue weighted by molar-refractivity contribution is 7.85. The molecule has 1 aromatic rings. The minimum Gasteiger partial charge on any atom is -0.377 e. The Morgan fingerprint density at radius 1 is 1.50 bits per heavy atom. The number of rotatable bonds is 3. The quantitative estimate of drug-likeness (QED) is 0.798. The van der Waals surface area contributed by atoms with Crippen LogP contribution in [0.3, 0.4) is 0 Å². The maximum atomic E-state index is 11.9. The lowest BCUT2D eigenvalue weighted by Crippen LogP contribution is -2.44. The second-order valence-electron chi connectivity index (χ2n) is 5.46. The Bertz CT molecular complexity index is 524. The summed E-state index contributed by atoms with van der Waals surface area (Å²) in [6, 6.07) is 2.12. The van der Waals surface area contributed by atoms with Gasteiger partial charge in [-0.25, -0.2) is 9.97 Å². The standard InChI is InChI=1S/C13H20ClN3O2S/c1-9-8-19-6-5-17(9)11-7-10(15-12(14)16-11)13(2,3)20(4)18/h7,9H,5-6,8H2,1-4H3/t9-,20-/m1/s1. The van der Waals surface area contributed by atoms with E-state index in [1.807, 2.05) is 19.9 Å². The first-order chi connectivity index (χ1) is 9.32. The molecule has 0 radical (unpaired) electrons. The van der Waals surface area contributed by atoms with Crippen molar-refractivity contribution < 1.29 is 8.95 Å². The van der Waals surface area contributed by atoms with Crippen molar-refractivity contribution in [3.63, 3.8) is 0 Å². The topological polar surface area (TPSA) is 55.3 Å². The van der Waals surface area contributed by atoms with E-state index in [1.54, 1.807) is 6.26 Å². The van der Waals surface area contributed by atoms with Gasteiger partial charge in [-0.15, -0.1) is 0 Å². The third-order valence-corrected chi connectivity index (χ3v) is 5.50. The molecule has 2 heterocycles. The minimum atomic E-state index is -1.05. The van der Waals surface area contributed by atoms with Crippen LogP contribution >= 0.6 is 11.6 Å². The van der Waals surface area contributed by atoms with Gasteiger partial charge in [0.15, 0.2) is 0 Å². The van der Waals surface area contributed by atoms with Gasteiger partial charge in [0.1, 0.15) is 5.82 Å². The summed E-state index contributed by atoms with van der Waals surface area (Å²) in [5, 5.41) is 0.190. The maximum Gasteiger partial charge on any atom is 0.224 e. The van der Waals surface area contributed by atoms with Crippen LogP contribution in [0.4, 0.5) is 5.82 Å². The summed E-state index contributed by atoms with van der Waals surface area (Å²) in [6.07, 6.45) is 1.67. The molecule has 1 aromatic heterocycles. The zero-order valence-corrected chi connectivity index (χ0v) is 13.8. The second-order valence-corrected chi connectivity index (χ2v) is 7.73. The lowest BCUT2D eigenvalue weighted by molar-refractivity contribution is 0.0985. The van der Waals surface area contributed by atoms with E-state index in [4.69, 9.17) is 16.3 Å². The summed E-state index contributed by atoms with van der Waals surface area (Å²) in [4.78, 5) is 10.7. The minimum absolute atomic E-state index is 0.190. The summed E-state index contributed by atoms with van der Waals surface area (Å²) < 4.78 is 16.8. The fraction of sp³-hybridized carbons (Fsp3) is 0.692. The predicted octanol–water partition coefficient (Wildman–Crippen LogP) is 1.97. The molecular formula is C13H20ClN3O2S. The molecule has 1 aliphatic heterocycles. The molecule has 2 atom stereocenters. The van der Waals surface area contributed by atoms with Crippen molar-refractivity contribution in [3.05, 3.63) is 17.0 Å². The first-order valence-electron chi connectivity index (χ1n) is 6.55. The van der Waals surface area contributed by atoms with Gasteiger partial charge in [-0.3, -0.25) is 4.21 Å². The molecule has 0 saturated carbocycles. The van der Waals surface area contributed by atoms with E-state index < -0.39 is 15.5 Å². The van der Waals surface area contributed by atoms with Crippen LogP contribution in [-0.2, 0) is 20.3 Å². The molecular weight excluding hydrogens is 298 g/mol. The van der Waals surface area contributed by atoms with Crippen molar-refractivity contribution in [1.82, 2.24) is 9.97 Å². The second kappa shape index (κ2) is 5.95. The van der Waals surface area contributed by atoms with Gasteiger partial charge in [0.25, 0.3) is 0 Å². The van der Waals surface area contributed by atoms with Crippen molar-refractivity contribution in [2.24, 2.45) is 0 Å². The van der Waals surface area contributed by atoms with E-state index in [0.29, 0.717) is 18.9 Å². The molecule has 20 heavy (non-hydrogen) atoms. The molecule has 0 N–H and O–H groups in total. The Balaban J connectivity index is 2.41. The number of nitrogens with zero attached hydrogens (tertiary/aromatic N) is 3. The van der Waals surface area contributed by atoms with Crippen LogP contribution < -0.4 is 4.90 Å². The summed E-state index contributed by atoms with van der Waals surface area (Å²) in [7, 11) is -1.05. The van der Waals surface area contributed by atoms with Crippen molar-refractivity contribution in [3.8, 4) is 0 Å². The van der Waals surface area contributed by atoms with Crippen molar-refractivity contribution in [2.75, 3.05) is 30.9 Å². The molecule has 0 bridgehead atoms. The lowest BCUT2D eigenvalue weighted by Gasteiger charge is -2.35. The third-order valence-electron chi connectivity index (χ3n) is 3.68. The first kappa shape index (κ1) is 15.7. The SMILES string of the molecule is C[C@@H]1COCCN1c1cc(C(C)(C)[S@@](C)=O)nc(Cl)n1. The molecule has 0 aliphatic carbocycles. The Hall–Kier alpha value is -0.720. The van der Waals surface area contributed by atoms with Crippen LogP contribution in [0.2, 0.25) is 5.28 Å². The highest BCUT2D eigenvalue weighted by atomic mass is 35.5. The van der Waals surface area contributed by atoms with Crippen LogP contribution in [0.25, 0.3) is 0 Å². The van der Waals surface area contributed by atoms with Crippen LogP contribution in [0, 0.1) is 0 Å². The summed E-state index contributed by atoms with van der Waals surface area (Å²) in [5.74, 6) is 0.773. The largest absolute Gasteiger partial charge is 0.377 e. The molecule has 5 nitrogen and oxygen atoms in total. The van der Waals surface area contributed by atoms with Crippen molar-refractivity contribution in [2.45, 2.75) is 31.6 Å². The van der Waals surface area contributed by atoms with Crippen LogP contribution in [0.15, 0.2) is 6.07 Å². The number of halogens is 1. The van der Waals surface area contributed by atoms with Gasteiger partial charge in [-0.05, 0) is 32.4 Å². The molecule has 1 fully saturated rings. The number of hydrogen-bond donors (Lipinski definition) is 0. The van der Waals surface area contributed by atoms with Gasteiger partial charge in [0.2, 0.25) is 5.28 Å². The average molecular weight is 318 g/mol. The fourth-order valence-corrected chi connectivity index (χ4v) is 2.65. The number of hydrogen-bond acceptors (Lipinski definition) is 5. The molecule has 2 rings (SSSR count). The summed E-state index contributed by atoms with van der Waals surface area (Å²) in [6.45, 7) is 7.98. The molecule has 112 valence electrons. The number of morpholine rings is 1. The summed E-state index contributed by atoms with van der Waals surface area (Å²) >= 11 is 6.05. The highest BCUT2D eigenvalue weighted by Gasteiger charge is 2.29. The molecule has 0 unspecified atom stereocenters. The maximum absolute atomic E-state index is 11.9. The van der Waals surface area contributed by atoms with E-state index in [0.717, 1.165) is 12.4 Å². The van der Waals surface area contributed by atoms with Crippen LogP contribution in [-0.4, -0.2) is 46.2 Å². The van der Waals surface area contributed by atoms with E-state index in [2.05, 4.69) is 21.8 Å². The molecule has 0 aromatic carbocycles. The highest BCUT2D eigenvalue weighted by Crippen LogP contribution is 2.29. The normalized spacial score (nSPS) is 21.9. The van der Waals surface area contributed by atoms with Crippen LogP contribution in [0.1, 0.15) is 26.5 Å². The molecule has 1 saturated heterocycles. The first-order valence-corrected chi connectivity index (χ1v) is 8.49. The predicted molar refractivity (Wildman–Crippen MR) is 81.8 cm³/mol. The molecule has 1 aliphatic rings. The van der Waals surface area contributed by atoms with E-state index in [-0.39, 0.29) is 11.3 Å². The van der Waals surface area contributed by atoms with Gasteiger partial charge < -0.3 is 9.64 Å². The zero-order chi connectivity index (χ0) is 14.9. The van der Waals surface area contributed by atoms with E-state index in [1.165, 1.54) is 0 Å². The third kappa shape index (κ3) is 3.13. The summed E-state index contributed by atoms with van der Waals surface area (Å²) in [5.41, 5.74) is 0.701. The Morgan fingerprint density at radius 3 is 2.80 bits per heavy atom. The van der Waals surface area contributed by atoms with Gasteiger partial charge in [0.05, 0.1) is 29.7 Å². The number of ether oxygens (including phenoxy) is 1. The number of aromatic nitrogens is 2. The van der Waals surface area contributed by atoms with Gasteiger partial charge in [-0.1, -0.05) is 0 Å². The lowest BCUT2D eigenvalue weighted by atomic mass is 10.1. The Kier molecular flexibility index (Phi) is 4.66. The van der Waals surface area contributed by atoms with E-state index in [9.17, 15) is 4.21 Å².